The zero-order valence-corrected chi connectivity index (χ0v) is 21.0. The van der Waals surface area contributed by atoms with Gasteiger partial charge in [0.05, 0.1) is 5.41 Å². The molecule has 0 aromatic rings. The molecule has 0 radical (unpaired) electrons. The summed E-state index contributed by atoms with van der Waals surface area (Å²) in [6, 6.07) is 0. The highest BCUT2D eigenvalue weighted by molar-refractivity contribution is 5.96. The van der Waals surface area contributed by atoms with Gasteiger partial charge in [0, 0.05) is 18.4 Å². The van der Waals surface area contributed by atoms with Crippen LogP contribution in [-0.2, 0) is 23.9 Å². The lowest BCUT2D eigenvalue weighted by Gasteiger charge is -2.48. The van der Waals surface area contributed by atoms with Crippen molar-refractivity contribution < 1.29 is 34.1 Å². The van der Waals surface area contributed by atoms with E-state index in [1.807, 2.05) is 6.92 Å². The molecule has 34 heavy (non-hydrogen) atoms. The fraction of sp³-hybridized carbons (Fsp3) is 0.667. The van der Waals surface area contributed by atoms with E-state index in [0.717, 1.165) is 0 Å². The molecule has 2 saturated carbocycles. The van der Waals surface area contributed by atoms with Crippen LogP contribution in [0, 0.1) is 34.5 Å². The van der Waals surface area contributed by atoms with Crippen molar-refractivity contribution in [2.45, 2.75) is 72.7 Å². The molecule has 2 N–H and O–H groups in total. The third kappa shape index (κ3) is 3.12. The van der Waals surface area contributed by atoms with Crippen molar-refractivity contribution in [1.82, 2.24) is 0 Å². The molecular formula is C27H36O7. The predicted molar refractivity (Wildman–Crippen MR) is 124 cm³/mol. The third-order valence-electron chi connectivity index (χ3n) is 9.14. The second kappa shape index (κ2) is 7.89. The van der Waals surface area contributed by atoms with E-state index in [-0.39, 0.29) is 41.1 Å². The van der Waals surface area contributed by atoms with E-state index >= 15 is 0 Å². The lowest BCUT2D eigenvalue weighted by atomic mass is 9.59. The Bertz CT molecular complexity index is 1030. The Hall–Kier alpha value is -2.25. The molecule has 8 atom stereocenters. The Labute approximate surface area is 200 Å². The maximum atomic E-state index is 14.4. The molecule has 0 amide bonds. The molecule has 4 aliphatic rings. The van der Waals surface area contributed by atoms with Gasteiger partial charge >= 0.3 is 11.9 Å². The van der Waals surface area contributed by atoms with Crippen LogP contribution in [0.1, 0.15) is 54.9 Å². The topological polar surface area (TPSA) is 110 Å². The van der Waals surface area contributed by atoms with Crippen molar-refractivity contribution in [3.05, 3.63) is 34.9 Å². The van der Waals surface area contributed by atoms with Gasteiger partial charge in [0.15, 0.2) is 17.5 Å². The molecular weight excluding hydrogens is 436 g/mol. The van der Waals surface area contributed by atoms with Crippen LogP contribution >= 0.6 is 0 Å². The lowest BCUT2D eigenvalue weighted by Crippen LogP contribution is -2.65. The van der Waals surface area contributed by atoms with Crippen LogP contribution in [0.3, 0.4) is 0 Å². The highest BCUT2D eigenvalue weighted by Crippen LogP contribution is 2.71. The third-order valence-corrected chi connectivity index (χ3v) is 9.14. The summed E-state index contributed by atoms with van der Waals surface area (Å²) in [6.45, 7) is 12.3. The summed E-state index contributed by atoms with van der Waals surface area (Å²) in [5.41, 5.74) is -2.47. The average Bonchev–Trinajstić information content (AvgIpc) is 3.26. The normalized spacial score (nSPS) is 42.4. The van der Waals surface area contributed by atoms with Gasteiger partial charge in [0.2, 0.25) is 0 Å². The average molecular weight is 473 g/mol. The fourth-order valence-corrected chi connectivity index (χ4v) is 7.08. The van der Waals surface area contributed by atoms with Crippen LogP contribution in [0.15, 0.2) is 34.9 Å². The maximum Gasteiger partial charge on any atom is 0.334 e. The minimum atomic E-state index is -2.13. The molecule has 7 heteroatoms. The molecule has 0 heterocycles. The first-order valence-corrected chi connectivity index (χ1v) is 12.1. The van der Waals surface area contributed by atoms with Crippen molar-refractivity contribution in [2.24, 2.45) is 34.5 Å². The minimum Gasteiger partial charge on any atom is -0.461 e. The van der Waals surface area contributed by atoms with Gasteiger partial charge in [-0.05, 0) is 61.5 Å². The molecule has 4 rings (SSSR count). The first-order chi connectivity index (χ1) is 15.7. The van der Waals surface area contributed by atoms with Crippen LogP contribution in [0.4, 0.5) is 0 Å². The fourth-order valence-electron chi connectivity index (χ4n) is 7.08. The van der Waals surface area contributed by atoms with Gasteiger partial charge in [0.25, 0.3) is 0 Å². The maximum absolute atomic E-state index is 14.4. The Balaban J connectivity index is 1.90. The van der Waals surface area contributed by atoms with E-state index in [2.05, 4.69) is 13.8 Å². The van der Waals surface area contributed by atoms with Gasteiger partial charge in [-0.1, -0.05) is 39.0 Å². The molecule has 0 aliphatic heterocycles. The summed E-state index contributed by atoms with van der Waals surface area (Å²) >= 11 is 0. The van der Waals surface area contributed by atoms with Gasteiger partial charge in [-0.2, -0.15) is 0 Å². The first kappa shape index (κ1) is 24.9. The molecule has 0 unspecified atom stereocenters. The number of allylic oxidation sites excluding steroid dienone is 2. The number of esters is 2. The van der Waals surface area contributed by atoms with E-state index < -0.39 is 41.1 Å². The Morgan fingerprint density at radius 1 is 1.26 bits per heavy atom. The van der Waals surface area contributed by atoms with Gasteiger partial charge in [-0.25, -0.2) is 4.79 Å². The smallest absolute Gasteiger partial charge is 0.334 e. The second-order valence-electron chi connectivity index (χ2n) is 11.2. The molecule has 4 aliphatic carbocycles. The molecule has 1 spiro atoms. The summed E-state index contributed by atoms with van der Waals surface area (Å²) in [6.07, 6.45) is 2.96. The number of aliphatic hydroxyl groups excluding tert-OH is 1. The van der Waals surface area contributed by atoms with Crippen molar-refractivity contribution in [1.29, 1.82) is 0 Å². The van der Waals surface area contributed by atoms with Crippen LogP contribution < -0.4 is 0 Å². The number of rotatable bonds is 4. The van der Waals surface area contributed by atoms with Crippen molar-refractivity contribution in [3.8, 4) is 0 Å². The number of ether oxygens (including phenoxy) is 2. The Morgan fingerprint density at radius 2 is 1.91 bits per heavy atom. The minimum absolute atomic E-state index is 0.0566. The van der Waals surface area contributed by atoms with E-state index in [1.165, 1.54) is 6.92 Å². The highest BCUT2D eigenvalue weighted by Gasteiger charge is 2.76. The van der Waals surface area contributed by atoms with E-state index in [1.54, 1.807) is 39.0 Å². The number of carbonyl (C=O) groups is 3. The van der Waals surface area contributed by atoms with Gasteiger partial charge in [-0.15, -0.1) is 0 Å². The predicted octanol–water partition coefficient (Wildman–Crippen LogP) is 2.90. The van der Waals surface area contributed by atoms with E-state index in [9.17, 15) is 24.6 Å². The molecule has 186 valence electrons. The quantitative estimate of drug-likeness (QED) is 0.368. The van der Waals surface area contributed by atoms with Crippen molar-refractivity contribution in [3.63, 3.8) is 0 Å². The zero-order valence-electron chi connectivity index (χ0n) is 21.0. The summed E-state index contributed by atoms with van der Waals surface area (Å²) in [4.78, 5) is 38.7. The summed E-state index contributed by atoms with van der Waals surface area (Å²) in [5.74, 6) is -1.83. The van der Waals surface area contributed by atoms with Gasteiger partial charge < -0.3 is 19.7 Å². The number of fused-ring (bicyclic) bond motifs is 3. The van der Waals surface area contributed by atoms with Crippen molar-refractivity contribution in [2.75, 3.05) is 6.61 Å². The first-order valence-electron chi connectivity index (χ1n) is 12.1. The number of ketones is 1. The second-order valence-corrected chi connectivity index (χ2v) is 11.2. The number of Topliss-reactive ketones (excluding diaryl/α,β-unsaturated/α-hetero) is 1. The molecule has 0 aromatic heterocycles. The van der Waals surface area contributed by atoms with Crippen LogP contribution in [0.25, 0.3) is 0 Å². The Morgan fingerprint density at radius 3 is 2.50 bits per heavy atom. The van der Waals surface area contributed by atoms with Gasteiger partial charge in [-0.3, -0.25) is 9.59 Å². The van der Waals surface area contributed by atoms with E-state index in [4.69, 9.17) is 9.47 Å². The lowest BCUT2D eigenvalue weighted by molar-refractivity contribution is -0.201. The summed E-state index contributed by atoms with van der Waals surface area (Å²) in [5, 5.41) is 24.1. The number of hydrogen-bond acceptors (Lipinski definition) is 7. The highest BCUT2D eigenvalue weighted by atomic mass is 16.6. The van der Waals surface area contributed by atoms with E-state index in [0.29, 0.717) is 17.6 Å². The van der Waals surface area contributed by atoms with Crippen LogP contribution in [0.5, 0.6) is 0 Å². The van der Waals surface area contributed by atoms with Crippen LogP contribution in [0.2, 0.25) is 0 Å². The van der Waals surface area contributed by atoms with Crippen LogP contribution in [-0.4, -0.2) is 52.4 Å². The largest absolute Gasteiger partial charge is 0.461 e. The molecule has 2 bridgehead atoms. The molecule has 2 fully saturated rings. The summed E-state index contributed by atoms with van der Waals surface area (Å²) < 4.78 is 11.0. The number of carbonyl (C=O) groups excluding carboxylic acids is 3. The monoisotopic (exact) mass is 472 g/mol. The van der Waals surface area contributed by atoms with Gasteiger partial charge in [0.1, 0.15) is 12.7 Å². The number of hydrogen-bond donors (Lipinski definition) is 2. The Kier molecular flexibility index (Phi) is 5.77. The SMILES string of the molecule is C/C=C(/C)C(=O)O[C@H]1C(C)=C[C@]23C(=O)[C@@H](C=C(COC(C)=O)[C@@H](O)[C@]12O)[C@H]1[C@@H](C[C@H]3C)C1(C)C. The summed E-state index contributed by atoms with van der Waals surface area (Å²) in [7, 11) is 0. The molecule has 7 nitrogen and oxygen atoms in total. The zero-order chi connectivity index (χ0) is 25.4. The van der Waals surface area contributed by atoms with Crippen molar-refractivity contribution >= 4 is 17.7 Å². The standard InChI is InChI=1S/C27H36O7/c1-8-13(2)24(31)34-23-14(3)11-26-15(4)9-19-20(25(19,6)7)18(22(26)30)10-17(12-33-16(5)28)21(29)27(23,26)32/h8,10-11,15,18-21,23,29,32H,9,12H2,1-7H3/b13-8-/t15-,18+,19-,20+,21-,23+,26+,27+/m1/s1. The number of aliphatic hydroxyl groups is 2. The molecule has 0 aromatic carbocycles. The molecule has 0 saturated heterocycles.